The van der Waals surface area contributed by atoms with Gasteiger partial charge in [-0.1, -0.05) is 20.8 Å². The summed E-state index contributed by atoms with van der Waals surface area (Å²) in [6, 6.07) is 0.512. The second-order valence-electron chi connectivity index (χ2n) is 5.39. The number of aromatic nitrogens is 1. The van der Waals surface area contributed by atoms with Crippen LogP contribution in [0.3, 0.4) is 0 Å². The third-order valence-corrected chi connectivity index (χ3v) is 4.64. The second kappa shape index (κ2) is 6.68. The molecule has 1 atom stereocenters. The van der Waals surface area contributed by atoms with Crippen LogP contribution in [0, 0.1) is 6.92 Å². The molecular formula is C14H25N3OS. The molecule has 1 fully saturated rings. The van der Waals surface area contributed by atoms with Gasteiger partial charge in [-0.25, -0.2) is 4.98 Å². The monoisotopic (exact) mass is 283 g/mol. The molecule has 1 aliphatic rings. The lowest BCUT2D eigenvalue weighted by molar-refractivity contribution is 0.0384. The first-order chi connectivity index (χ1) is 9.10. The van der Waals surface area contributed by atoms with Gasteiger partial charge in [-0.05, 0) is 13.3 Å². The highest BCUT2D eigenvalue weighted by Gasteiger charge is 2.22. The van der Waals surface area contributed by atoms with Gasteiger partial charge in [-0.15, -0.1) is 11.3 Å². The van der Waals surface area contributed by atoms with Crippen LogP contribution in [0.4, 0.5) is 5.13 Å². The average Bonchev–Trinajstić information content (AvgIpc) is 2.78. The molecule has 2 rings (SSSR count). The van der Waals surface area contributed by atoms with Crippen molar-refractivity contribution < 1.29 is 4.74 Å². The van der Waals surface area contributed by atoms with E-state index in [0.717, 1.165) is 43.5 Å². The van der Waals surface area contributed by atoms with Gasteiger partial charge in [0.05, 0.1) is 18.4 Å². The van der Waals surface area contributed by atoms with Crippen LogP contribution in [0.15, 0.2) is 0 Å². The molecule has 1 aromatic rings. The number of hydrogen-bond donors (Lipinski definition) is 1. The Morgan fingerprint density at radius 3 is 3.00 bits per heavy atom. The summed E-state index contributed by atoms with van der Waals surface area (Å²) in [6.07, 6.45) is 1.43. The SMILES string of the molecule is CCC1CN(c2nc(C)c(CNC(C)C)s2)CCO1. The van der Waals surface area contributed by atoms with E-state index in [1.54, 1.807) is 0 Å². The van der Waals surface area contributed by atoms with E-state index in [9.17, 15) is 0 Å². The van der Waals surface area contributed by atoms with Crippen molar-refractivity contribution in [3.63, 3.8) is 0 Å². The van der Waals surface area contributed by atoms with Crippen LogP contribution < -0.4 is 10.2 Å². The molecule has 19 heavy (non-hydrogen) atoms. The molecular weight excluding hydrogens is 258 g/mol. The standard InChI is InChI=1S/C14H25N3OS/c1-5-12-9-17(6-7-18-12)14-16-11(4)13(19-14)8-15-10(2)3/h10,12,15H,5-9H2,1-4H3. The quantitative estimate of drug-likeness (QED) is 0.901. The van der Waals surface area contributed by atoms with Crippen LogP contribution in [-0.2, 0) is 11.3 Å². The number of thiazole rings is 1. The summed E-state index contributed by atoms with van der Waals surface area (Å²) in [4.78, 5) is 8.45. The lowest BCUT2D eigenvalue weighted by atomic mass is 10.2. The first-order valence-corrected chi connectivity index (χ1v) is 7.98. The molecule has 1 aliphatic heterocycles. The van der Waals surface area contributed by atoms with Crippen LogP contribution >= 0.6 is 11.3 Å². The van der Waals surface area contributed by atoms with Gasteiger partial charge in [0.25, 0.3) is 0 Å². The van der Waals surface area contributed by atoms with E-state index in [-0.39, 0.29) is 0 Å². The lowest BCUT2D eigenvalue weighted by Gasteiger charge is -2.32. The number of anilines is 1. The van der Waals surface area contributed by atoms with Gasteiger partial charge in [-0.3, -0.25) is 0 Å². The summed E-state index contributed by atoms with van der Waals surface area (Å²) in [7, 11) is 0. The summed E-state index contributed by atoms with van der Waals surface area (Å²) in [5, 5.41) is 4.62. The lowest BCUT2D eigenvalue weighted by Crippen LogP contribution is -2.42. The molecule has 0 radical (unpaired) electrons. The molecule has 4 nitrogen and oxygen atoms in total. The van der Waals surface area contributed by atoms with Crippen LogP contribution in [0.5, 0.6) is 0 Å². The summed E-state index contributed by atoms with van der Waals surface area (Å²) in [5.41, 5.74) is 1.16. The second-order valence-corrected chi connectivity index (χ2v) is 6.45. The van der Waals surface area contributed by atoms with Gasteiger partial charge < -0.3 is 15.0 Å². The first kappa shape index (κ1) is 14.8. The molecule has 5 heteroatoms. The highest BCUT2D eigenvalue weighted by Crippen LogP contribution is 2.27. The zero-order chi connectivity index (χ0) is 13.8. The maximum Gasteiger partial charge on any atom is 0.185 e. The minimum absolute atomic E-state index is 0.357. The molecule has 108 valence electrons. The molecule has 0 amide bonds. The molecule has 0 bridgehead atoms. The zero-order valence-electron chi connectivity index (χ0n) is 12.4. The Morgan fingerprint density at radius 2 is 2.32 bits per heavy atom. The number of rotatable bonds is 5. The predicted octanol–water partition coefficient (Wildman–Crippen LogP) is 2.56. The van der Waals surface area contributed by atoms with E-state index in [2.05, 4.69) is 37.9 Å². The summed E-state index contributed by atoms with van der Waals surface area (Å²) >= 11 is 1.82. The fraction of sp³-hybridized carbons (Fsp3) is 0.786. The fourth-order valence-electron chi connectivity index (χ4n) is 2.15. The number of nitrogens with one attached hydrogen (secondary N) is 1. The van der Waals surface area contributed by atoms with E-state index in [4.69, 9.17) is 9.72 Å². The zero-order valence-corrected chi connectivity index (χ0v) is 13.2. The van der Waals surface area contributed by atoms with Crippen molar-refractivity contribution in [3.05, 3.63) is 10.6 Å². The Morgan fingerprint density at radius 1 is 1.53 bits per heavy atom. The average molecular weight is 283 g/mol. The third kappa shape index (κ3) is 3.91. The van der Waals surface area contributed by atoms with Crippen LogP contribution in [-0.4, -0.2) is 36.8 Å². The predicted molar refractivity (Wildman–Crippen MR) is 81.1 cm³/mol. The van der Waals surface area contributed by atoms with Gasteiger partial charge in [-0.2, -0.15) is 0 Å². The van der Waals surface area contributed by atoms with Crippen molar-refractivity contribution in [1.82, 2.24) is 10.3 Å². The Labute approximate surface area is 120 Å². The minimum atomic E-state index is 0.357. The largest absolute Gasteiger partial charge is 0.375 e. The topological polar surface area (TPSA) is 37.4 Å². The molecule has 0 spiro atoms. The molecule has 1 unspecified atom stereocenters. The Balaban J connectivity index is 2.02. The molecule has 0 saturated carbocycles. The summed E-state index contributed by atoms with van der Waals surface area (Å²) < 4.78 is 5.72. The van der Waals surface area contributed by atoms with Crippen molar-refractivity contribution >= 4 is 16.5 Å². The highest BCUT2D eigenvalue weighted by atomic mass is 32.1. The minimum Gasteiger partial charge on any atom is -0.375 e. The highest BCUT2D eigenvalue weighted by molar-refractivity contribution is 7.15. The first-order valence-electron chi connectivity index (χ1n) is 7.16. The number of morpholine rings is 1. The number of hydrogen-bond acceptors (Lipinski definition) is 5. The number of ether oxygens (including phenoxy) is 1. The van der Waals surface area contributed by atoms with Crippen molar-refractivity contribution in [2.45, 2.75) is 52.8 Å². The maximum absolute atomic E-state index is 5.72. The number of aryl methyl sites for hydroxylation is 1. The third-order valence-electron chi connectivity index (χ3n) is 3.42. The van der Waals surface area contributed by atoms with Crippen LogP contribution in [0.25, 0.3) is 0 Å². The van der Waals surface area contributed by atoms with E-state index in [0.29, 0.717) is 12.1 Å². The van der Waals surface area contributed by atoms with Crippen molar-refractivity contribution in [1.29, 1.82) is 0 Å². The Kier molecular flexibility index (Phi) is 5.19. The molecule has 0 aromatic carbocycles. The van der Waals surface area contributed by atoms with E-state index in [1.807, 2.05) is 11.3 Å². The van der Waals surface area contributed by atoms with Gasteiger partial charge in [0.2, 0.25) is 0 Å². The van der Waals surface area contributed by atoms with Crippen LogP contribution in [0.2, 0.25) is 0 Å². The Hall–Kier alpha value is -0.650. The van der Waals surface area contributed by atoms with Crippen molar-refractivity contribution in [3.8, 4) is 0 Å². The van der Waals surface area contributed by atoms with E-state index >= 15 is 0 Å². The molecule has 1 aromatic heterocycles. The van der Waals surface area contributed by atoms with Gasteiger partial charge in [0.15, 0.2) is 5.13 Å². The van der Waals surface area contributed by atoms with E-state index in [1.165, 1.54) is 4.88 Å². The maximum atomic E-state index is 5.72. The van der Waals surface area contributed by atoms with Gasteiger partial charge in [0.1, 0.15) is 0 Å². The summed E-state index contributed by atoms with van der Waals surface area (Å²) in [6.45, 7) is 12.3. The molecule has 1 saturated heterocycles. The van der Waals surface area contributed by atoms with E-state index < -0.39 is 0 Å². The van der Waals surface area contributed by atoms with Gasteiger partial charge in [0, 0.05) is 30.6 Å². The van der Waals surface area contributed by atoms with Crippen molar-refractivity contribution in [2.75, 3.05) is 24.6 Å². The van der Waals surface area contributed by atoms with Gasteiger partial charge >= 0.3 is 0 Å². The number of nitrogens with zero attached hydrogens (tertiary/aromatic N) is 2. The molecule has 0 aliphatic carbocycles. The smallest absolute Gasteiger partial charge is 0.185 e. The Bertz CT molecular complexity index is 405. The fourth-order valence-corrected chi connectivity index (χ4v) is 3.20. The molecule has 1 N–H and O–H groups in total. The normalized spacial score (nSPS) is 20.3. The molecule has 2 heterocycles. The van der Waals surface area contributed by atoms with Crippen LogP contribution in [0.1, 0.15) is 37.8 Å². The summed E-state index contributed by atoms with van der Waals surface area (Å²) in [5.74, 6) is 0. The van der Waals surface area contributed by atoms with Crippen molar-refractivity contribution in [2.24, 2.45) is 0 Å².